The fourth-order valence-corrected chi connectivity index (χ4v) is 1.82. The van der Waals surface area contributed by atoms with Crippen LogP contribution in [0.2, 0.25) is 5.02 Å². The molecule has 0 fully saturated rings. The van der Waals surface area contributed by atoms with Gasteiger partial charge in [0, 0.05) is 23.3 Å². The van der Waals surface area contributed by atoms with Crippen molar-refractivity contribution in [2.75, 3.05) is 11.9 Å². The lowest BCUT2D eigenvalue weighted by molar-refractivity contribution is 0.321. The van der Waals surface area contributed by atoms with E-state index in [9.17, 15) is 4.39 Å². The van der Waals surface area contributed by atoms with Gasteiger partial charge < -0.3 is 10.1 Å². The topological polar surface area (TPSA) is 21.3 Å². The summed E-state index contributed by atoms with van der Waals surface area (Å²) in [6, 6.07) is 12.4. The third-order valence-corrected chi connectivity index (χ3v) is 2.89. The molecule has 0 saturated heterocycles. The van der Waals surface area contributed by atoms with Crippen molar-refractivity contribution in [1.29, 1.82) is 0 Å². The first kappa shape index (κ1) is 13.7. The fourth-order valence-electron chi connectivity index (χ4n) is 1.69. The smallest absolute Gasteiger partial charge is 0.167 e. The lowest BCUT2D eigenvalue weighted by Crippen LogP contribution is -2.00. The fraction of sp³-hybridized carbons (Fsp3) is 0.200. The predicted octanol–water partition coefficient (Wildman–Crippen LogP) is 4.49. The number of hydrogen-bond donors (Lipinski definition) is 1. The monoisotopic (exact) mass is 279 g/mol. The van der Waals surface area contributed by atoms with Crippen LogP contribution in [0.1, 0.15) is 12.5 Å². The van der Waals surface area contributed by atoms with E-state index in [0.717, 1.165) is 11.3 Å². The molecule has 2 aromatic carbocycles. The lowest BCUT2D eigenvalue weighted by atomic mass is 10.2. The van der Waals surface area contributed by atoms with Gasteiger partial charge in [0.1, 0.15) is 0 Å². The van der Waals surface area contributed by atoms with Crippen molar-refractivity contribution >= 4 is 17.3 Å². The molecule has 0 unspecified atom stereocenters. The first-order chi connectivity index (χ1) is 9.19. The van der Waals surface area contributed by atoms with Crippen LogP contribution in [0, 0.1) is 5.82 Å². The largest absolute Gasteiger partial charge is 0.491 e. The molecule has 2 rings (SSSR count). The summed E-state index contributed by atoms with van der Waals surface area (Å²) in [4.78, 5) is 0. The quantitative estimate of drug-likeness (QED) is 0.871. The molecule has 0 spiro atoms. The van der Waals surface area contributed by atoms with Crippen LogP contribution in [0.4, 0.5) is 10.1 Å². The van der Waals surface area contributed by atoms with Crippen LogP contribution < -0.4 is 10.1 Å². The van der Waals surface area contributed by atoms with Crippen molar-refractivity contribution in [3.05, 3.63) is 58.9 Å². The van der Waals surface area contributed by atoms with Crippen LogP contribution in [0.3, 0.4) is 0 Å². The van der Waals surface area contributed by atoms with Crippen molar-refractivity contribution in [2.45, 2.75) is 13.5 Å². The van der Waals surface area contributed by atoms with Crippen LogP contribution >= 0.6 is 11.6 Å². The highest BCUT2D eigenvalue weighted by atomic mass is 35.5. The van der Waals surface area contributed by atoms with E-state index in [2.05, 4.69) is 5.32 Å². The number of nitrogens with one attached hydrogen (secondary N) is 1. The third-order valence-electron chi connectivity index (χ3n) is 2.64. The van der Waals surface area contributed by atoms with E-state index in [1.807, 2.05) is 31.2 Å². The predicted molar refractivity (Wildman–Crippen MR) is 76.3 cm³/mol. The van der Waals surface area contributed by atoms with Gasteiger partial charge in [-0.05, 0) is 36.8 Å². The second kappa shape index (κ2) is 6.43. The summed E-state index contributed by atoms with van der Waals surface area (Å²) in [5, 5.41) is 3.86. The molecule has 0 radical (unpaired) electrons. The second-order valence-corrected chi connectivity index (χ2v) is 4.49. The maximum Gasteiger partial charge on any atom is 0.167 e. The zero-order valence-electron chi connectivity index (χ0n) is 10.6. The number of hydrogen-bond acceptors (Lipinski definition) is 2. The molecular weight excluding hydrogens is 265 g/mol. The van der Waals surface area contributed by atoms with Crippen LogP contribution in [0.15, 0.2) is 42.5 Å². The van der Waals surface area contributed by atoms with E-state index in [1.54, 1.807) is 12.1 Å². The van der Waals surface area contributed by atoms with Gasteiger partial charge in [-0.3, -0.25) is 0 Å². The Bertz CT molecular complexity index is 542. The van der Waals surface area contributed by atoms with E-state index in [0.29, 0.717) is 18.2 Å². The minimum Gasteiger partial charge on any atom is -0.491 e. The van der Waals surface area contributed by atoms with Gasteiger partial charge in [0.05, 0.1) is 6.61 Å². The Morgan fingerprint density at radius 2 is 1.89 bits per heavy atom. The minimum absolute atomic E-state index is 0.277. The molecule has 0 bridgehead atoms. The van der Waals surface area contributed by atoms with E-state index in [-0.39, 0.29) is 11.6 Å². The Kier molecular flexibility index (Phi) is 4.63. The first-order valence-electron chi connectivity index (χ1n) is 6.09. The van der Waals surface area contributed by atoms with Crippen LogP contribution in [-0.4, -0.2) is 6.61 Å². The van der Waals surface area contributed by atoms with Crippen LogP contribution in [0.25, 0.3) is 0 Å². The van der Waals surface area contributed by atoms with Crippen molar-refractivity contribution in [3.63, 3.8) is 0 Å². The summed E-state index contributed by atoms with van der Waals surface area (Å²) >= 11 is 5.81. The maximum absolute atomic E-state index is 13.6. The highest BCUT2D eigenvalue weighted by Crippen LogP contribution is 2.21. The molecule has 0 amide bonds. The molecule has 2 nitrogen and oxygen atoms in total. The minimum atomic E-state index is -0.358. The Morgan fingerprint density at radius 3 is 2.53 bits per heavy atom. The van der Waals surface area contributed by atoms with Crippen molar-refractivity contribution in [1.82, 2.24) is 0 Å². The Hall–Kier alpha value is -1.74. The van der Waals surface area contributed by atoms with E-state index < -0.39 is 0 Å². The molecule has 0 aliphatic carbocycles. The summed E-state index contributed by atoms with van der Waals surface area (Å²) < 4.78 is 18.8. The molecule has 100 valence electrons. The average Bonchev–Trinajstić information content (AvgIpc) is 2.41. The lowest BCUT2D eigenvalue weighted by Gasteiger charge is -2.09. The molecule has 2 aromatic rings. The molecule has 4 heteroatoms. The van der Waals surface area contributed by atoms with Crippen molar-refractivity contribution in [3.8, 4) is 5.75 Å². The Morgan fingerprint density at radius 1 is 1.16 bits per heavy atom. The molecule has 0 heterocycles. The maximum atomic E-state index is 13.6. The normalized spacial score (nSPS) is 10.3. The number of halogens is 2. The number of benzene rings is 2. The molecule has 0 atom stereocenters. The summed E-state index contributed by atoms with van der Waals surface area (Å²) in [5.74, 6) is -0.0810. The molecule has 0 aliphatic rings. The van der Waals surface area contributed by atoms with Crippen LogP contribution in [0.5, 0.6) is 5.75 Å². The van der Waals surface area contributed by atoms with Crippen molar-refractivity contribution in [2.24, 2.45) is 0 Å². The number of anilines is 1. The van der Waals surface area contributed by atoms with Gasteiger partial charge in [-0.2, -0.15) is 0 Å². The summed E-state index contributed by atoms with van der Waals surface area (Å²) in [5.41, 5.74) is 1.80. The molecule has 0 aliphatic heterocycles. The highest BCUT2D eigenvalue weighted by Gasteiger charge is 2.04. The van der Waals surface area contributed by atoms with Gasteiger partial charge in [0.15, 0.2) is 11.6 Å². The number of rotatable bonds is 5. The van der Waals surface area contributed by atoms with Gasteiger partial charge in [-0.1, -0.05) is 23.7 Å². The average molecular weight is 280 g/mol. The first-order valence-corrected chi connectivity index (χ1v) is 6.47. The van der Waals surface area contributed by atoms with Crippen LogP contribution in [-0.2, 0) is 6.54 Å². The molecular formula is C15H15ClFNO. The number of ether oxygens (including phenoxy) is 1. The standard InChI is InChI=1S/C15H15ClFNO/c1-2-19-15-8-7-13(9-14(15)17)18-10-11-3-5-12(16)6-4-11/h3-9,18H,2,10H2,1H3. The highest BCUT2D eigenvalue weighted by molar-refractivity contribution is 6.30. The zero-order chi connectivity index (χ0) is 13.7. The van der Waals surface area contributed by atoms with E-state index in [4.69, 9.17) is 16.3 Å². The summed E-state index contributed by atoms with van der Waals surface area (Å²) in [6.07, 6.45) is 0. The zero-order valence-corrected chi connectivity index (χ0v) is 11.4. The summed E-state index contributed by atoms with van der Waals surface area (Å²) in [6.45, 7) is 2.89. The van der Waals surface area contributed by atoms with Gasteiger partial charge in [-0.15, -0.1) is 0 Å². The van der Waals surface area contributed by atoms with Gasteiger partial charge in [0.25, 0.3) is 0 Å². The molecule has 0 aromatic heterocycles. The van der Waals surface area contributed by atoms with Crippen molar-refractivity contribution < 1.29 is 9.13 Å². The third kappa shape index (κ3) is 3.86. The van der Waals surface area contributed by atoms with Gasteiger partial charge in [0.2, 0.25) is 0 Å². The van der Waals surface area contributed by atoms with E-state index in [1.165, 1.54) is 6.07 Å². The molecule has 1 N–H and O–H groups in total. The Balaban J connectivity index is 1.99. The Labute approximate surface area is 117 Å². The molecule has 19 heavy (non-hydrogen) atoms. The molecule has 0 saturated carbocycles. The van der Waals surface area contributed by atoms with Gasteiger partial charge >= 0.3 is 0 Å². The SMILES string of the molecule is CCOc1ccc(NCc2ccc(Cl)cc2)cc1F. The summed E-state index contributed by atoms with van der Waals surface area (Å²) in [7, 11) is 0. The van der Waals surface area contributed by atoms with Gasteiger partial charge in [-0.25, -0.2) is 4.39 Å². The second-order valence-electron chi connectivity index (χ2n) is 4.06. The van der Waals surface area contributed by atoms with E-state index >= 15 is 0 Å².